The summed E-state index contributed by atoms with van der Waals surface area (Å²) in [4.78, 5) is 57.2. The number of nitrogens with zero attached hydrogens (tertiary/aromatic N) is 11. The Balaban J connectivity index is 0.000000246. The number of aliphatic hydroxyl groups excluding tert-OH is 1. The number of hydrogen-bond donors (Lipinski definition) is 1. The number of amides is 3. The van der Waals surface area contributed by atoms with Crippen LogP contribution in [0.5, 0.6) is 0 Å². The lowest BCUT2D eigenvalue weighted by Gasteiger charge is -2.51. The van der Waals surface area contributed by atoms with E-state index in [0.717, 1.165) is 248 Å². The van der Waals surface area contributed by atoms with Crippen LogP contribution in [0.15, 0.2) is 0 Å². The van der Waals surface area contributed by atoms with E-state index in [2.05, 4.69) is 184 Å². The number of ether oxygens (including phenoxy) is 3. The van der Waals surface area contributed by atoms with Gasteiger partial charge in [-0.25, -0.2) is 25.5 Å². The van der Waals surface area contributed by atoms with Crippen molar-refractivity contribution in [2.45, 2.75) is 271 Å². The van der Waals surface area contributed by atoms with Gasteiger partial charge in [-0.2, -0.15) is 5.26 Å². The van der Waals surface area contributed by atoms with Crippen molar-refractivity contribution in [1.82, 2.24) is 48.4 Å². The van der Waals surface area contributed by atoms with Gasteiger partial charge in [-0.3, -0.25) is 34.0 Å². The number of likely N-dealkylation sites (N-methyl/N-ethyl adjacent to an activating group) is 3. The third kappa shape index (κ3) is 37.5. The van der Waals surface area contributed by atoms with E-state index in [-0.39, 0.29) is 48.0 Å². The molecule has 702 valence electrons. The minimum absolute atomic E-state index is 0.0608. The first-order chi connectivity index (χ1) is 56.5. The van der Waals surface area contributed by atoms with Crippen molar-refractivity contribution in [3.8, 4) is 6.07 Å². The summed E-state index contributed by atoms with van der Waals surface area (Å²) < 4.78 is 75.2. The van der Waals surface area contributed by atoms with Crippen LogP contribution in [0.2, 0.25) is 0 Å². The van der Waals surface area contributed by atoms with E-state index in [9.17, 15) is 35.6 Å². The van der Waals surface area contributed by atoms with Crippen LogP contribution in [-0.2, 0) is 48.5 Å². The first-order valence-corrected chi connectivity index (χ1v) is 51.6. The number of likely N-dealkylation sites (tertiary alicyclic amines) is 6. The Labute approximate surface area is 734 Å². The molecule has 3 atom stereocenters. The maximum absolute atomic E-state index is 12.5. The standard InChI is InChI=1S/C15H29N3O.C15H28N2O.C14H26N2O2.C13H22N2O.C11H22FN.C10H21NO3S.C9H18O2S.C8H16O/c1-13(2)14-4-6-18(7-5-14)15(19)12-17-10-8-16(3)9-11-17;1-12(2)13-7-10-17(11-8-13)15(18)14-6-4-5-9-16(14)3;1-11(2)12-4-6-16(7-5-12)14(17)13-10-18-9-8-15(13)3;1-11(2)12-3-7-15(8-4-12)13(5-6-14)9-16-10-13;1-11(2,3)10-4-7-13(8-5-10)9-6-12;1-9(2)10-3-5-11(6-4-10)15(13,14)8-7-12;1-9(2,3)8-4-6-12(10,11)7-5-8;1-7(2)8-4-3-5-9-6-8/h13-14H,4-12H2,1-3H3;12-14H,4-11H2,1-3H3;11-13H,4-10H2,1-3H3;11-12H,3-5,7-10H2,1-2H3;10H,4-9H2,1-3H3;9-10,12H,3-8H2,1-2H3;8H,4-7H2,1-3H3;7-8H,3-6H2,1-2H3/t;;;;;;;8-/m.......0/s1. The molecule has 120 heavy (non-hydrogen) atoms. The molecule has 25 heteroatoms. The normalized spacial score (nSPS) is 25.4. The Hall–Kier alpha value is -2.71. The number of aliphatic hydroxyl groups is 1. The Morgan fingerprint density at radius 2 is 0.900 bits per heavy atom. The molecule has 12 rings (SSSR count). The molecule has 12 heterocycles. The fraction of sp³-hybridized carbons (Fsp3) is 0.958. The van der Waals surface area contributed by atoms with Crippen LogP contribution in [-0.4, -0.2) is 328 Å². The maximum Gasteiger partial charge on any atom is 0.242 e. The number of rotatable bonds is 17. The third-order valence-electron chi connectivity index (χ3n) is 29.7. The highest BCUT2D eigenvalue weighted by molar-refractivity contribution is 7.91. The Kier molecular flexibility index (Phi) is 48.5. The van der Waals surface area contributed by atoms with Crippen molar-refractivity contribution in [3.63, 3.8) is 0 Å². The molecule has 2 unspecified atom stereocenters. The third-order valence-corrected chi connectivity index (χ3v) is 33.3. The highest BCUT2D eigenvalue weighted by atomic mass is 32.2. The van der Waals surface area contributed by atoms with Crippen LogP contribution in [0.25, 0.3) is 0 Å². The molecule has 12 fully saturated rings. The molecule has 0 bridgehead atoms. The number of carbonyl (C=O) groups is 3. The molecule has 0 radical (unpaired) electrons. The number of sulfone groups is 1. The van der Waals surface area contributed by atoms with Gasteiger partial charge in [0.2, 0.25) is 27.7 Å². The van der Waals surface area contributed by atoms with Gasteiger partial charge in [0.1, 0.15) is 22.6 Å². The van der Waals surface area contributed by atoms with Crippen LogP contribution in [0.4, 0.5) is 4.39 Å². The first-order valence-electron chi connectivity index (χ1n) is 48.1. The van der Waals surface area contributed by atoms with Crippen LogP contribution in [0, 0.1) is 105 Å². The lowest BCUT2D eigenvalue weighted by molar-refractivity contribution is -0.146. The summed E-state index contributed by atoms with van der Waals surface area (Å²) in [7, 11) is 0.393. The summed E-state index contributed by atoms with van der Waals surface area (Å²) in [6, 6.07) is 2.42. The second kappa shape index (κ2) is 53.9. The summed E-state index contributed by atoms with van der Waals surface area (Å²) in [5.41, 5.74) is 0.772. The number of piperidine rings is 7. The van der Waals surface area contributed by atoms with Gasteiger partial charge in [0.25, 0.3) is 0 Å². The number of hydrogen-bond acceptors (Lipinski definition) is 18. The van der Waals surface area contributed by atoms with Gasteiger partial charge in [-0.15, -0.1) is 0 Å². The lowest BCUT2D eigenvalue weighted by atomic mass is 9.75. The van der Waals surface area contributed by atoms with Crippen LogP contribution < -0.4 is 0 Å². The fourth-order valence-corrected chi connectivity index (χ4v) is 22.4. The average Bonchev–Trinajstić information content (AvgIpc) is 0.779. The number of nitriles is 1. The smallest absolute Gasteiger partial charge is 0.242 e. The van der Waals surface area contributed by atoms with E-state index in [1.165, 1.54) is 81.4 Å². The van der Waals surface area contributed by atoms with Crippen LogP contribution in [0.1, 0.15) is 253 Å². The number of morpholine rings is 1. The molecular weight excluding hydrogens is 1550 g/mol. The Bertz CT molecular complexity index is 3010. The van der Waals surface area contributed by atoms with Crippen LogP contribution >= 0.6 is 0 Å². The molecule has 0 saturated carbocycles. The largest absolute Gasteiger partial charge is 0.395 e. The average molecular weight is 1740 g/mol. The van der Waals surface area contributed by atoms with E-state index in [4.69, 9.17) is 24.6 Å². The highest BCUT2D eigenvalue weighted by Gasteiger charge is 2.46. The minimum Gasteiger partial charge on any atom is -0.395 e. The Morgan fingerprint density at radius 1 is 0.475 bits per heavy atom. The molecule has 0 aromatic rings. The van der Waals surface area contributed by atoms with Gasteiger partial charge in [0.15, 0.2) is 0 Å². The van der Waals surface area contributed by atoms with Crippen molar-refractivity contribution in [2.24, 2.45) is 93.7 Å². The predicted octanol–water partition coefficient (Wildman–Crippen LogP) is 14.1. The van der Waals surface area contributed by atoms with Gasteiger partial charge in [-0.05, 0) is 263 Å². The predicted molar refractivity (Wildman–Crippen MR) is 491 cm³/mol. The van der Waals surface area contributed by atoms with E-state index in [1.54, 1.807) is 0 Å². The highest BCUT2D eigenvalue weighted by Crippen LogP contribution is 2.38. The number of halogens is 1. The zero-order valence-electron chi connectivity index (χ0n) is 80.4. The Morgan fingerprint density at radius 3 is 1.28 bits per heavy atom. The summed E-state index contributed by atoms with van der Waals surface area (Å²) in [6.07, 6.45) is 22.5. The van der Waals surface area contributed by atoms with Gasteiger partial charge < -0.3 is 43.8 Å². The monoisotopic (exact) mass is 1740 g/mol. The second-order valence-corrected chi connectivity index (χ2v) is 46.6. The van der Waals surface area contributed by atoms with Gasteiger partial charge in [0, 0.05) is 105 Å². The topological polar surface area (TPSA) is 224 Å². The van der Waals surface area contributed by atoms with Gasteiger partial charge >= 0.3 is 0 Å². The van der Waals surface area contributed by atoms with Crippen molar-refractivity contribution in [3.05, 3.63) is 0 Å². The van der Waals surface area contributed by atoms with Crippen molar-refractivity contribution in [2.75, 3.05) is 222 Å². The van der Waals surface area contributed by atoms with Gasteiger partial charge in [0.05, 0.1) is 80.9 Å². The lowest BCUT2D eigenvalue weighted by Crippen LogP contribution is -2.63. The molecule has 0 aliphatic carbocycles. The van der Waals surface area contributed by atoms with E-state index >= 15 is 0 Å². The quantitative estimate of drug-likeness (QED) is 0.143. The number of alkyl halides is 1. The van der Waals surface area contributed by atoms with Gasteiger partial charge in [-0.1, -0.05) is 131 Å². The van der Waals surface area contributed by atoms with E-state index in [0.29, 0.717) is 85.7 Å². The van der Waals surface area contributed by atoms with Crippen molar-refractivity contribution in [1.29, 1.82) is 5.26 Å². The summed E-state index contributed by atoms with van der Waals surface area (Å²) >= 11 is 0. The molecule has 12 aliphatic rings. The molecule has 0 aromatic carbocycles. The molecule has 1 N–H and O–H groups in total. The molecule has 22 nitrogen and oxygen atoms in total. The minimum atomic E-state index is -3.20. The van der Waals surface area contributed by atoms with Crippen LogP contribution in [0.3, 0.4) is 0 Å². The molecule has 12 saturated heterocycles. The molecular formula is C95H182FN11O11S2. The van der Waals surface area contributed by atoms with Crippen molar-refractivity contribution >= 4 is 37.6 Å². The SMILES string of the molecule is CC(C)(C)C1CCN(CCF)CC1.CC(C)(C)C1CCS(=O)(=O)CC1.CC(C)C1CCN(C(=O)C2CCCCN2C)CC1.CC(C)C1CCN(C(=O)C2COCCN2C)CC1.CC(C)C1CCN(C(=O)CN2CCN(C)CC2)CC1.CC(C)C1CCN(C2(CC#N)COC2)CC1.CC(C)C1CCN(S(=O)(=O)CCO)CC1.CC(C)[C@H]1CCCOC1. The molecule has 3 amide bonds. The first kappa shape index (κ1) is 108. The van der Waals surface area contributed by atoms with E-state index < -0.39 is 19.9 Å². The second-order valence-electron chi connectivity index (χ2n) is 42.2. The summed E-state index contributed by atoms with van der Waals surface area (Å²) in [5.74, 6) is 12.3. The number of sulfonamides is 1. The maximum atomic E-state index is 12.5. The number of carbonyl (C=O) groups excluding carboxylic acids is 3. The zero-order chi connectivity index (χ0) is 89.1. The summed E-state index contributed by atoms with van der Waals surface area (Å²) in [6.45, 7) is 64.0. The van der Waals surface area contributed by atoms with Crippen molar-refractivity contribution < 1.29 is 54.9 Å². The molecule has 0 spiro atoms. The van der Waals surface area contributed by atoms with E-state index in [1.807, 2.05) is 11.9 Å². The fourth-order valence-electron chi connectivity index (χ4n) is 19.6. The number of piperazine rings is 1. The molecule has 0 aromatic heterocycles. The zero-order valence-corrected chi connectivity index (χ0v) is 82.1. The summed E-state index contributed by atoms with van der Waals surface area (Å²) in [5, 5.41) is 17.6. The molecule has 12 aliphatic heterocycles.